The lowest BCUT2D eigenvalue weighted by Crippen LogP contribution is -2.11. The normalized spacial score (nSPS) is 10.2. The van der Waals surface area contributed by atoms with Gasteiger partial charge in [0.25, 0.3) is 0 Å². The number of thiazole rings is 1. The zero-order valence-corrected chi connectivity index (χ0v) is 12.3. The van der Waals surface area contributed by atoms with Crippen molar-refractivity contribution in [2.75, 3.05) is 13.7 Å². The third-order valence-electron chi connectivity index (χ3n) is 2.66. The number of rotatable bonds is 6. The summed E-state index contributed by atoms with van der Waals surface area (Å²) in [6.07, 6.45) is 0. The molecule has 7 heteroatoms. The second-order valence-corrected chi connectivity index (χ2v) is 5.13. The Hall–Kier alpha value is -2.41. The van der Waals surface area contributed by atoms with Crippen LogP contribution in [0.4, 0.5) is 0 Å². The Bertz CT molecular complexity index is 663. The summed E-state index contributed by atoms with van der Waals surface area (Å²) in [5, 5.41) is 9.07. The van der Waals surface area contributed by atoms with Crippen LogP contribution in [0.3, 0.4) is 0 Å². The highest BCUT2D eigenvalue weighted by molar-refractivity contribution is 7.15. The van der Waals surface area contributed by atoms with Crippen LogP contribution >= 0.6 is 11.3 Å². The van der Waals surface area contributed by atoms with E-state index in [0.29, 0.717) is 17.2 Å². The first-order valence-corrected chi connectivity index (χ1v) is 6.83. The maximum atomic E-state index is 11.9. The minimum atomic E-state index is -1.08. The summed E-state index contributed by atoms with van der Waals surface area (Å²) >= 11 is 0.857. The number of aromatic nitrogens is 1. The molecule has 1 N–H and O–H groups in total. The van der Waals surface area contributed by atoms with E-state index in [4.69, 9.17) is 14.6 Å². The van der Waals surface area contributed by atoms with Crippen molar-refractivity contribution in [2.24, 2.45) is 0 Å². The molecule has 2 aromatic rings. The predicted octanol–water partition coefficient (Wildman–Crippen LogP) is 2.42. The monoisotopic (exact) mass is 307 g/mol. The molecule has 0 fully saturated rings. The highest BCUT2D eigenvalue weighted by Crippen LogP contribution is 2.20. The fourth-order valence-corrected chi connectivity index (χ4v) is 2.43. The zero-order valence-electron chi connectivity index (χ0n) is 11.5. The average molecular weight is 307 g/mol. The average Bonchev–Trinajstić information content (AvgIpc) is 2.87. The van der Waals surface area contributed by atoms with Crippen LogP contribution in [0.15, 0.2) is 24.3 Å². The number of methoxy groups -OCH3 is 1. The SMILES string of the molecule is COc1ccc(OCC(=O)c2nc(C)c(C(=O)O)s2)cc1. The van der Waals surface area contributed by atoms with E-state index in [1.54, 1.807) is 38.3 Å². The third kappa shape index (κ3) is 3.57. The van der Waals surface area contributed by atoms with Gasteiger partial charge < -0.3 is 14.6 Å². The van der Waals surface area contributed by atoms with Gasteiger partial charge in [0.2, 0.25) is 5.78 Å². The molecule has 0 bridgehead atoms. The molecule has 0 radical (unpaired) electrons. The first-order chi connectivity index (χ1) is 10.0. The van der Waals surface area contributed by atoms with E-state index in [1.165, 1.54) is 0 Å². The predicted molar refractivity (Wildman–Crippen MR) is 76.6 cm³/mol. The van der Waals surface area contributed by atoms with Gasteiger partial charge >= 0.3 is 5.97 Å². The summed E-state index contributed by atoms with van der Waals surface area (Å²) in [6.45, 7) is 1.36. The van der Waals surface area contributed by atoms with Crippen molar-refractivity contribution in [3.05, 3.63) is 39.8 Å². The Morgan fingerprint density at radius 2 is 1.86 bits per heavy atom. The van der Waals surface area contributed by atoms with Crippen LogP contribution in [0.25, 0.3) is 0 Å². The highest BCUT2D eigenvalue weighted by atomic mass is 32.1. The van der Waals surface area contributed by atoms with Gasteiger partial charge in [-0.15, -0.1) is 11.3 Å². The van der Waals surface area contributed by atoms with E-state index < -0.39 is 5.97 Å². The molecule has 21 heavy (non-hydrogen) atoms. The van der Waals surface area contributed by atoms with Crippen molar-refractivity contribution in [1.29, 1.82) is 0 Å². The molecule has 6 nitrogen and oxygen atoms in total. The molecular formula is C14H13NO5S. The first-order valence-electron chi connectivity index (χ1n) is 6.02. The summed E-state index contributed by atoms with van der Waals surface area (Å²) in [5.41, 5.74) is 0.334. The molecule has 110 valence electrons. The zero-order chi connectivity index (χ0) is 15.4. The number of Topliss-reactive ketones (excluding diaryl/α,β-unsaturated/α-hetero) is 1. The Labute approximate surface area is 125 Å². The van der Waals surface area contributed by atoms with Gasteiger partial charge in [0.05, 0.1) is 12.8 Å². The third-order valence-corrected chi connectivity index (χ3v) is 3.85. The molecule has 0 aliphatic carbocycles. The maximum absolute atomic E-state index is 11.9. The van der Waals surface area contributed by atoms with Gasteiger partial charge in [-0.3, -0.25) is 4.79 Å². The molecule has 0 saturated carbocycles. The molecule has 0 unspecified atom stereocenters. The largest absolute Gasteiger partial charge is 0.497 e. The minimum Gasteiger partial charge on any atom is -0.497 e. The number of carboxylic acids is 1. The van der Waals surface area contributed by atoms with Gasteiger partial charge in [-0.25, -0.2) is 9.78 Å². The van der Waals surface area contributed by atoms with Gasteiger partial charge in [0.15, 0.2) is 11.6 Å². The van der Waals surface area contributed by atoms with Gasteiger partial charge in [0.1, 0.15) is 16.4 Å². The molecule has 1 aromatic heterocycles. The van der Waals surface area contributed by atoms with E-state index in [2.05, 4.69) is 4.98 Å². The van der Waals surface area contributed by atoms with Crippen LogP contribution in [-0.4, -0.2) is 35.6 Å². The van der Waals surface area contributed by atoms with Crippen LogP contribution < -0.4 is 9.47 Å². The van der Waals surface area contributed by atoms with E-state index in [1.807, 2.05) is 0 Å². The second-order valence-electron chi connectivity index (χ2n) is 4.13. The van der Waals surface area contributed by atoms with Gasteiger partial charge in [0, 0.05) is 0 Å². The Morgan fingerprint density at radius 1 is 1.24 bits per heavy atom. The summed E-state index contributed by atoms with van der Waals surface area (Å²) in [6, 6.07) is 6.80. The summed E-state index contributed by atoms with van der Waals surface area (Å²) in [4.78, 5) is 26.9. The van der Waals surface area contributed by atoms with Gasteiger partial charge in [-0.05, 0) is 31.2 Å². The summed E-state index contributed by atoms with van der Waals surface area (Å²) in [7, 11) is 1.56. The standard InChI is InChI=1S/C14H13NO5S/c1-8-12(14(17)18)21-13(15-8)11(16)7-20-10-5-3-9(19-2)4-6-10/h3-6H,7H2,1-2H3,(H,17,18). The molecule has 0 atom stereocenters. The van der Waals surface area contributed by atoms with Crippen molar-refractivity contribution >= 4 is 23.1 Å². The topological polar surface area (TPSA) is 85.7 Å². The van der Waals surface area contributed by atoms with Crippen LogP contribution in [0, 0.1) is 6.92 Å². The lowest BCUT2D eigenvalue weighted by Gasteiger charge is -2.05. The summed E-state index contributed by atoms with van der Waals surface area (Å²) < 4.78 is 10.4. The van der Waals surface area contributed by atoms with Crippen molar-refractivity contribution < 1.29 is 24.2 Å². The van der Waals surface area contributed by atoms with Crippen molar-refractivity contribution in [3.63, 3.8) is 0 Å². The number of carbonyl (C=O) groups is 2. The molecule has 0 spiro atoms. The number of aryl methyl sites for hydroxylation is 1. The van der Waals surface area contributed by atoms with Crippen molar-refractivity contribution in [1.82, 2.24) is 4.98 Å². The fourth-order valence-electron chi connectivity index (χ4n) is 1.60. The number of aromatic carboxylic acids is 1. The number of ether oxygens (including phenoxy) is 2. The number of nitrogens with zero attached hydrogens (tertiary/aromatic N) is 1. The van der Waals surface area contributed by atoms with Gasteiger partial charge in [-0.1, -0.05) is 0 Å². The number of hydrogen-bond donors (Lipinski definition) is 1. The van der Waals surface area contributed by atoms with Crippen molar-refractivity contribution in [3.8, 4) is 11.5 Å². The quantitative estimate of drug-likeness (QED) is 0.825. The Kier molecular flexibility index (Phi) is 4.54. The number of hydrogen-bond acceptors (Lipinski definition) is 6. The number of ketones is 1. The first kappa shape index (κ1) is 15.0. The van der Waals surface area contributed by atoms with Crippen LogP contribution in [0.2, 0.25) is 0 Å². The van der Waals surface area contributed by atoms with Crippen LogP contribution in [0.5, 0.6) is 11.5 Å². The Balaban J connectivity index is 2.01. The fraction of sp³-hybridized carbons (Fsp3) is 0.214. The molecule has 2 rings (SSSR count). The molecule has 0 amide bonds. The highest BCUT2D eigenvalue weighted by Gasteiger charge is 2.18. The van der Waals surface area contributed by atoms with Gasteiger partial charge in [-0.2, -0.15) is 0 Å². The molecular weight excluding hydrogens is 294 g/mol. The smallest absolute Gasteiger partial charge is 0.347 e. The lowest BCUT2D eigenvalue weighted by atomic mass is 10.3. The number of carbonyl (C=O) groups excluding carboxylic acids is 1. The molecule has 0 saturated heterocycles. The molecule has 1 aromatic carbocycles. The van der Waals surface area contributed by atoms with E-state index in [9.17, 15) is 9.59 Å². The summed E-state index contributed by atoms with van der Waals surface area (Å²) in [5.74, 6) is -0.224. The lowest BCUT2D eigenvalue weighted by molar-refractivity contribution is 0.0701. The molecule has 0 aliphatic rings. The minimum absolute atomic E-state index is 0.0720. The van der Waals surface area contributed by atoms with E-state index >= 15 is 0 Å². The number of carboxylic acid groups (broad SMARTS) is 1. The van der Waals surface area contributed by atoms with E-state index in [0.717, 1.165) is 11.3 Å². The van der Waals surface area contributed by atoms with Crippen LogP contribution in [-0.2, 0) is 0 Å². The van der Waals surface area contributed by atoms with Crippen LogP contribution in [0.1, 0.15) is 25.2 Å². The van der Waals surface area contributed by atoms with E-state index in [-0.39, 0.29) is 22.3 Å². The molecule has 1 heterocycles. The Morgan fingerprint density at radius 3 is 2.38 bits per heavy atom. The molecule has 0 aliphatic heterocycles. The maximum Gasteiger partial charge on any atom is 0.347 e. The second kappa shape index (κ2) is 6.36. The van der Waals surface area contributed by atoms with Crippen molar-refractivity contribution in [2.45, 2.75) is 6.92 Å². The number of benzene rings is 1.